The maximum Gasteiger partial charge on any atom is 0.155 e. The van der Waals surface area contributed by atoms with Gasteiger partial charge < -0.3 is 4.57 Å². The molecular weight excluding hydrogens is 607 g/mol. The van der Waals surface area contributed by atoms with Gasteiger partial charge in [-0.1, -0.05) is 152 Å². The summed E-state index contributed by atoms with van der Waals surface area (Å²) in [5.41, 5.74) is 15.7. The lowest BCUT2D eigenvalue weighted by atomic mass is 9.97. The molecule has 9 rings (SSSR count). The van der Waals surface area contributed by atoms with Crippen LogP contribution in [-0.4, -0.2) is 16.1 Å². The van der Waals surface area contributed by atoms with E-state index >= 15 is 0 Å². The molecule has 0 unspecified atom stereocenters. The Morgan fingerprint density at radius 2 is 1.20 bits per heavy atom. The summed E-state index contributed by atoms with van der Waals surface area (Å²) in [6, 6.07) is 60.6. The molecule has 1 aliphatic rings. The number of hydrogen-bond acceptors (Lipinski definition) is 1. The van der Waals surface area contributed by atoms with Crippen molar-refractivity contribution in [3.63, 3.8) is 0 Å². The van der Waals surface area contributed by atoms with Crippen LogP contribution in [0.5, 0.6) is 0 Å². The Balaban J connectivity index is 1.07. The Morgan fingerprint density at radius 3 is 1.92 bits per heavy atom. The first kappa shape index (κ1) is 29.8. The van der Waals surface area contributed by atoms with Crippen molar-refractivity contribution >= 4 is 33.4 Å². The summed E-state index contributed by atoms with van der Waals surface area (Å²) in [5.74, 6) is 0.740. The van der Waals surface area contributed by atoms with Gasteiger partial charge in [0.05, 0.1) is 23.3 Å². The van der Waals surface area contributed by atoms with E-state index in [4.69, 9.17) is 9.98 Å². The zero-order chi connectivity index (χ0) is 33.4. The summed E-state index contributed by atoms with van der Waals surface area (Å²) in [4.78, 5) is 10.0. The third kappa shape index (κ3) is 5.34. The first-order valence-electron chi connectivity index (χ1n) is 17.2. The van der Waals surface area contributed by atoms with Gasteiger partial charge in [-0.05, 0) is 70.5 Å². The molecule has 0 atom stereocenters. The van der Waals surface area contributed by atoms with Crippen LogP contribution < -0.4 is 0 Å². The molecule has 8 aromatic rings. The second kappa shape index (κ2) is 12.6. The summed E-state index contributed by atoms with van der Waals surface area (Å²) in [6.45, 7) is 2.63. The van der Waals surface area contributed by atoms with Gasteiger partial charge in [0.15, 0.2) is 5.84 Å². The number of aromatic nitrogens is 1. The number of hydrogen-bond donors (Lipinski definition) is 0. The fourth-order valence-corrected chi connectivity index (χ4v) is 7.44. The van der Waals surface area contributed by atoms with Crippen LogP contribution >= 0.6 is 0 Å². The Hall–Kier alpha value is -6.32. The van der Waals surface area contributed by atoms with Crippen molar-refractivity contribution in [2.75, 3.05) is 0 Å². The summed E-state index contributed by atoms with van der Waals surface area (Å²) >= 11 is 0. The number of rotatable bonds is 6. The van der Waals surface area contributed by atoms with Crippen LogP contribution in [0.25, 0.3) is 49.7 Å². The van der Waals surface area contributed by atoms with Crippen molar-refractivity contribution in [3.8, 4) is 27.9 Å². The van der Waals surface area contributed by atoms with Crippen LogP contribution in [0.2, 0.25) is 0 Å². The first-order valence-corrected chi connectivity index (χ1v) is 17.2. The molecule has 0 radical (unpaired) electrons. The highest BCUT2D eigenvalue weighted by Crippen LogP contribution is 2.44. The van der Waals surface area contributed by atoms with Gasteiger partial charge in [0.2, 0.25) is 0 Å². The molecule has 0 amide bonds. The summed E-state index contributed by atoms with van der Waals surface area (Å²) < 4.78 is 2.45. The SMILES string of the molecule is CC(=NC(=NCc1ccccc1)c1ccc(-c2ccc3c(c2)Cc2cccc(-n4c5ccccc5c5ccccc54)c2-3)cc1)c1ccccc1. The van der Waals surface area contributed by atoms with Gasteiger partial charge in [0, 0.05) is 27.6 Å². The number of amidine groups is 1. The number of benzene rings is 7. The predicted octanol–water partition coefficient (Wildman–Crippen LogP) is 11.5. The van der Waals surface area contributed by atoms with Crippen LogP contribution in [0.4, 0.5) is 0 Å². The molecule has 1 heterocycles. The highest BCUT2D eigenvalue weighted by molar-refractivity contribution is 6.12. The van der Waals surface area contributed by atoms with E-state index in [-0.39, 0.29) is 0 Å². The molecule has 0 N–H and O–H groups in total. The molecule has 0 saturated heterocycles. The highest BCUT2D eigenvalue weighted by atomic mass is 15.0. The molecule has 0 saturated carbocycles. The fourth-order valence-electron chi connectivity index (χ4n) is 7.44. The largest absolute Gasteiger partial charge is 0.309 e. The predicted molar refractivity (Wildman–Crippen MR) is 210 cm³/mol. The Morgan fingerprint density at radius 1 is 0.560 bits per heavy atom. The fraction of sp³-hybridized carbons (Fsp3) is 0.0638. The summed E-state index contributed by atoms with van der Waals surface area (Å²) in [7, 11) is 0. The molecule has 1 aromatic heterocycles. The van der Waals surface area contributed by atoms with Crippen LogP contribution in [0.3, 0.4) is 0 Å². The molecule has 7 aromatic carbocycles. The topological polar surface area (TPSA) is 29.6 Å². The average molecular weight is 642 g/mol. The van der Waals surface area contributed by atoms with E-state index < -0.39 is 0 Å². The Bertz CT molecular complexity index is 2520. The lowest BCUT2D eigenvalue weighted by Crippen LogP contribution is -2.04. The maximum atomic E-state index is 5.04. The van der Waals surface area contributed by atoms with Gasteiger partial charge >= 0.3 is 0 Å². The van der Waals surface area contributed by atoms with Crippen molar-refractivity contribution < 1.29 is 0 Å². The van der Waals surface area contributed by atoms with Gasteiger partial charge in [0.25, 0.3) is 0 Å². The molecule has 50 heavy (non-hydrogen) atoms. The standard InChI is InChI=1S/C47H35N3/c1-32(34-15-6-3-7-16-34)49-47(48-31-33-13-4-2-5-14-33)36-25-23-35(24-26-36)37-27-28-40-39(29-37)30-38-17-12-22-45(46(38)40)50-43-20-10-8-18-41(43)42-19-9-11-21-44(42)50/h2-29H,30-31H2,1H3. The third-order valence-electron chi connectivity index (χ3n) is 9.90. The van der Waals surface area contributed by atoms with Crippen LogP contribution in [0, 0.1) is 0 Å². The molecule has 3 heteroatoms. The lowest BCUT2D eigenvalue weighted by molar-refractivity contribution is 1.06. The van der Waals surface area contributed by atoms with E-state index in [9.17, 15) is 0 Å². The molecule has 0 aliphatic heterocycles. The number of nitrogens with zero attached hydrogens (tertiary/aromatic N) is 3. The molecule has 0 fully saturated rings. The minimum Gasteiger partial charge on any atom is -0.309 e. The van der Waals surface area contributed by atoms with Crippen molar-refractivity contribution in [2.24, 2.45) is 9.98 Å². The quantitative estimate of drug-likeness (QED) is 0.128. The van der Waals surface area contributed by atoms with Crippen LogP contribution in [0.1, 0.15) is 34.7 Å². The molecule has 0 spiro atoms. The normalized spacial score (nSPS) is 12.7. The van der Waals surface area contributed by atoms with Gasteiger partial charge in [-0.3, -0.25) is 4.99 Å². The van der Waals surface area contributed by atoms with E-state index in [1.807, 2.05) is 24.3 Å². The lowest BCUT2D eigenvalue weighted by Gasteiger charge is -2.14. The van der Waals surface area contributed by atoms with E-state index in [0.717, 1.165) is 34.7 Å². The number of fused-ring (bicyclic) bond motifs is 6. The molecule has 0 bridgehead atoms. The second-order valence-electron chi connectivity index (χ2n) is 13.0. The maximum absolute atomic E-state index is 5.04. The average Bonchev–Trinajstić information content (AvgIpc) is 3.73. The van der Waals surface area contributed by atoms with Gasteiger partial charge in [-0.2, -0.15) is 0 Å². The van der Waals surface area contributed by atoms with E-state index in [2.05, 4.69) is 157 Å². The van der Waals surface area contributed by atoms with Crippen molar-refractivity contribution in [1.29, 1.82) is 0 Å². The monoisotopic (exact) mass is 641 g/mol. The van der Waals surface area contributed by atoms with Gasteiger partial charge in [-0.15, -0.1) is 0 Å². The minimum atomic E-state index is 0.575. The Kier molecular flexibility index (Phi) is 7.51. The number of aliphatic imine (C=N–C) groups is 2. The van der Waals surface area contributed by atoms with Gasteiger partial charge in [0.1, 0.15) is 0 Å². The van der Waals surface area contributed by atoms with Crippen LogP contribution in [0.15, 0.2) is 180 Å². The third-order valence-corrected chi connectivity index (χ3v) is 9.90. The van der Waals surface area contributed by atoms with E-state index in [1.165, 1.54) is 60.9 Å². The zero-order valence-corrected chi connectivity index (χ0v) is 27.9. The minimum absolute atomic E-state index is 0.575. The van der Waals surface area contributed by atoms with Crippen molar-refractivity contribution in [3.05, 3.63) is 198 Å². The molecule has 3 nitrogen and oxygen atoms in total. The molecule has 1 aliphatic carbocycles. The smallest absolute Gasteiger partial charge is 0.155 e. The molecule has 238 valence electrons. The Labute approximate surface area is 292 Å². The molecular formula is C47H35N3. The summed E-state index contributed by atoms with van der Waals surface area (Å²) in [5, 5.41) is 2.57. The van der Waals surface area contributed by atoms with Crippen molar-refractivity contribution in [1.82, 2.24) is 4.57 Å². The first-order chi connectivity index (χ1) is 24.7. The highest BCUT2D eigenvalue weighted by Gasteiger charge is 2.24. The zero-order valence-electron chi connectivity index (χ0n) is 27.9. The summed E-state index contributed by atoms with van der Waals surface area (Å²) in [6.07, 6.45) is 0.922. The van der Waals surface area contributed by atoms with E-state index in [0.29, 0.717) is 6.54 Å². The van der Waals surface area contributed by atoms with E-state index in [1.54, 1.807) is 0 Å². The number of para-hydroxylation sites is 2. The van der Waals surface area contributed by atoms with Gasteiger partial charge in [-0.25, -0.2) is 4.99 Å². The van der Waals surface area contributed by atoms with Crippen LogP contribution in [-0.2, 0) is 13.0 Å². The van der Waals surface area contributed by atoms with Crippen molar-refractivity contribution in [2.45, 2.75) is 19.9 Å². The second-order valence-corrected chi connectivity index (χ2v) is 13.0.